The smallest absolute Gasteiger partial charge is 0.445 e. The molecular weight excluding hydrogens is 412 g/mol. The van der Waals surface area contributed by atoms with Crippen molar-refractivity contribution < 1.29 is 28.0 Å². The summed E-state index contributed by atoms with van der Waals surface area (Å²) in [4.78, 5) is 23.1. The fourth-order valence-corrected chi connectivity index (χ4v) is 3.08. The number of hydrogen-bond donors (Lipinski definition) is 1. The maximum absolute atomic E-state index is 14.5. The fraction of sp³-hybridized carbons (Fsp3) is 0.333. The number of benzene rings is 2. The van der Waals surface area contributed by atoms with Gasteiger partial charge in [-0.25, -0.2) is 9.18 Å². The molecule has 1 heterocycles. The zero-order valence-electron chi connectivity index (χ0n) is 18.7. The number of amides is 1. The highest BCUT2D eigenvalue weighted by Gasteiger charge is 2.52. The molecule has 1 amide bonds. The molecule has 0 atom stereocenters. The summed E-state index contributed by atoms with van der Waals surface area (Å²) in [5.41, 5.74) is 0.647. The average Bonchev–Trinajstić information content (AvgIpc) is 2.98. The molecule has 0 bridgehead atoms. The molecular formula is C24H27BFNO5. The number of carbonyl (C=O) groups is 2. The van der Waals surface area contributed by atoms with E-state index in [0.717, 1.165) is 11.6 Å². The number of rotatable bonds is 7. The quantitative estimate of drug-likeness (QED) is 0.505. The van der Waals surface area contributed by atoms with E-state index in [1.54, 1.807) is 6.08 Å². The lowest BCUT2D eigenvalue weighted by Gasteiger charge is -2.32. The van der Waals surface area contributed by atoms with Crippen LogP contribution < -0.4 is 5.32 Å². The molecule has 168 valence electrons. The standard InChI is InChI=1S/C24H27BFNO5/c1-23(2)24(3,4)32-25(31-23)20(13-19-11-10-18(15-28)12-21(19)26)14-27-22(29)30-16-17-8-6-5-7-9-17/h5-13,15H,14,16H2,1-4H3,(H,27,29). The minimum absolute atomic E-state index is 0.0271. The Morgan fingerprint density at radius 3 is 2.34 bits per heavy atom. The van der Waals surface area contributed by atoms with Gasteiger partial charge in [-0.2, -0.15) is 0 Å². The molecule has 1 N–H and O–H groups in total. The van der Waals surface area contributed by atoms with Crippen molar-refractivity contribution in [1.29, 1.82) is 0 Å². The summed E-state index contributed by atoms with van der Waals surface area (Å²) in [6, 6.07) is 13.5. The zero-order chi connectivity index (χ0) is 23.4. The van der Waals surface area contributed by atoms with Gasteiger partial charge in [-0.3, -0.25) is 4.79 Å². The lowest BCUT2D eigenvalue weighted by molar-refractivity contribution is 0.00578. The Labute approximate surface area is 187 Å². The van der Waals surface area contributed by atoms with Crippen LogP contribution in [0.25, 0.3) is 6.08 Å². The van der Waals surface area contributed by atoms with E-state index in [9.17, 15) is 14.0 Å². The maximum Gasteiger partial charge on any atom is 0.492 e. The molecule has 0 saturated carbocycles. The van der Waals surface area contributed by atoms with Crippen LogP contribution in [0.3, 0.4) is 0 Å². The molecule has 2 aromatic rings. The SMILES string of the molecule is CC1(C)OB(C(=Cc2ccc(C=O)cc2F)CNC(=O)OCc2ccccc2)OC1(C)C. The van der Waals surface area contributed by atoms with Crippen LogP contribution in [0.4, 0.5) is 9.18 Å². The number of nitrogens with one attached hydrogen (secondary N) is 1. The summed E-state index contributed by atoms with van der Waals surface area (Å²) in [6.07, 6.45) is 1.52. The predicted octanol–water partition coefficient (Wildman–Crippen LogP) is 4.58. The Hall–Kier alpha value is -2.97. The van der Waals surface area contributed by atoms with E-state index in [4.69, 9.17) is 14.0 Å². The van der Waals surface area contributed by atoms with Crippen molar-refractivity contribution in [2.45, 2.75) is 45.5 Å². The van der Waals surface area contributed by atoms with Gasteiger partial charge >= 0.3 is 13.2 Å². The van der Waals surface area contributed by atoms with Crippen LogP contribution in [-0.2, 0) is 20.7 Å². The highest BCUT2D eigenvalue weighted by molar-refractivity contribution is 6.56. The molecule has 6 nitrogen and oxygen atoms in total. The second kappa shape index (κ2) is 9.67. The summed E-state index contributed by atoms with van der Waals surface area (Å²) in [6.45, 7) is 7.79. The number of alkyl carbamates (subject to hydrolysis) is 1. The van der Waals surface area contributed by atoms with Crippen molar-refractivity contribution in [3.63, 3.8) is 0 Å². The molecule has 0 spiro atoms. The third kappa shape index (κ3) is 5.63. The molecule has 1 aliphatic heterocycles. The van der Waals surface area contributed by atoms with Gasteiger partial charge in [0.15, 0.2) is 0 Å². The van der Waals surface area contributed by atoms with Gasteiger partial charge < -0.3 is 19.4 Å². The lowest BCUT2D eigenvalue weighted by atomic mass is 9.77. The predicted molar refractivity (Wildman–Crippen MR) is 120 cm³/mol. The maximum atomic E-state index is 14.5. The molecule has 0 unspecified atom stereocenters. The van der Waals surface area contributed by atoms with Crippen LogP contribution in [0.2, 0.25) is 0 Å². The van der Waals surface area contributed by atoms with Gasteiger partial charge in [0, 0.05) is 17.7 Å². The van der Waals surface area contributed by atoms with E-state index in [1.165, 1.54) is 12.1 Å². The number of carbonyl (C=O) groups excluding carboxylic acids is 2. The van der Waals surface area contributed by atoms with Gasteiger partial charge in [-0.15, -0.1) is 0 Å². The van der Waals surface area contributed by atoms with E-state index < -0.39 is 30.2 Å². The first-order valence-corrected chi connectivity index (χ1v) is 10.4. The van der Waals surface area contributed by atoms with Crippen molar-refractivity contribution in [2.24, 2.45) is 0 Å². The third-order valence-electron chi connectivity index (χ3n) is 5.71. The molecule has 0 radical (unpaired) electrons. The first-order chi connectivity index (χ1) is 15.1. The normalized spacial score (nSPS) is 17.2. The molecule has 32 heavy (non-hydrogen) atoms. The molecule has 0 aromatic heterocycles. The molecule has 2 aromatic carbocycles. The Morgan fingerprint density at radius 1 is 1.09 bits per heavy atom. The number of aldehydes is 1. The minimum Gasteiger partial charge on any atom is -0.445 e. The average molecular weight is 439 g/mol. The molecule has 0 aliphatic carbocycles. The van der Waals surface area contributed by atoms with E-state index in [1.807, 2.05) is 58.0 Å². The Bertz CT molecular complexity index is 991. The summed E-state index contributed by atoms with van der Waals surface area (Å²) >= 11 is 0. The van der Waals surface area contributed by atoms with E-state index in [-0.39, 0.29) is 24.3 Å². The Balaban J connectivity index is 1.76. The van der Waals surface area contributed by atoms with Crippen molar-refractivity contribution in [3.05, 3.63) is 76.5 Å². The van der Waals surface area contributed by atoms with Crippen molar-refractivity contribution in [1.82, 2.24) is 5.32 Å². The molecule has 3 rings (SSSR count). The van der Waals surface area contributed by atoms with Crippen LogP contribution in [0.1, 0.15) is 49.2 Å². The zero-order valence-corrected chi connectivity index (χ0v) is 18.7. The fourth-order valence-electron chi connectivity index (χ4n) is 3.08. The van der Waals surface area contributed by atoms with Gasteiger partial charge in [0.2, 0.25) is 0 Å². The van der Waals surface area contributed by atoms with Gasteiger partial charge in [0.25, 0.3) is 0 Å². The van der Waals surface area contributed by atoms with Gasteiger partial charge in [-0.05, 0) is 44.8 Å². The third-order valence-corrected chi connectivity index (χ3v) is 5.71. The van der Waals surface area contributed by atoms with Gasteiger partial charge in [0.1, 0.15) is 18.7 Å². The highest BCUT2D eigenvalue weighted by atomic mass is 19.1. The lowest BCUT2D eigenvalue weighted by Crippen LogP contribution is -2.41. The van der Waals surface area contributed by atoms with Crippen molar-refractivity contribution in [2.75, 3.05) is 6.54 Å². The van der Waals surface area contributed by atoms with Crippen LogP contribution >= 0.6 is 0 Å². The summed E-state index contributed by atoms with van der Waals surface area (Å²) in [7, 11) is -0.792. The molecule has 8 heteroatoms. The second-order valence-electron chi connectivity index (χ2n) is 8.62. The molecule has 1 aliphatic rings. The number of halogens is 1. The van der Waals surface area contributed by atoms with Crippen LogP contribution in [-0.4, -0.2) is 37.2 Å². The largest absolute Gasteiger partial charge is 0.492 e. The van der Waals surface area contributed by atoms with Gasteiger partial charge in [0.05, 0.1) is 11.2 Å². The summed E-state index contributed by atoms with van der Waals surface area (Å²) in [5.74, 6) is -0.560. The van der Waals surface area contributed by atoms with Gasteiger partial charge in [-0.1, -0.05) is 48.5 Å². The van der Waals surface area contributed by atoms with E-state index >= 15 is 0 Å². The Kier molecular flexibility index (Phi) is 7.16. The molecule has 1 saturated heterocycles. The topological polar surface area (TPSA) is 73.9 Å². The first-order valence-electron chi connectivity index (χ1n) is 10.4. The minimum atomic E-state index is -0.792. The number of ether oxygens (including phenoxy) is 1. The van der Waals surface area contributed by atoms with Crippen molar-refractivity contribution in [3.8, 4) is 0 Å². The first kappa shape index (κ1) is 23.7. The number of hydrogen-bond acceptors (Lipinski definition) is 5. The monoisotopic (exact) mass is 439 g/mol. The Morgan fingerprint density at radius 2 is 1.75 bits per heavy atom. The van der Waals surface area contributed by atoms with Crippen molar-refractivity contribution >= 4 is 25.6 Å². The second-order valence-corrected chi connectivity index (χ2v) is 8.62. The summed E-state index contributed by atoms with van der Waals surface area (Å²) in [5, 5.41) is 2.68. The molecule has 1 fully saturated rings. The summed E-state index contributed by atoms with van der Waals surface area (Å²) < 4.78 is 31.9. The van der Waals surface area contributed by atoms with E-state index in [2.05, 4.69) is 5.32 Å². The highest BCUT2D eigenvalue weighted by Crippen LogP contribution is 2.38. The van der Waals surface area contributed by atoms with E-state index in [0.29, 0.717) is 11.8 Å². The van der Waals surface area contributed by atoms with Crippen LogP contribution in [0.15, 0.2) is 54.0 Å². The van der Waals surface area contributed by atoms with Crippen LogP contribution in [0.5, 0.6) is 0 Å². The van der Waals surface area contributed by atoms with Crippen LogP contribution in [0, 0.1) is 5.82 Å².